The number of anilines is 2. The number of rotatable bonds is 4. The zero-order valence-corrected chi connectivity index (χ0v) is 10.4. The lowest BCUT2D eigenvalue weighted by molar-refractivity contribution is -0.00618. The van der Waals surface area contributed by atoms with Crippen LogP contribution in [0.15, 0.2) is 18.2 Å². The SMILES string of the molecule is COC1(CNc2cc(C#N)ccc2N)CCOC1. The first kappa shape index (κ1) is 12.7. The number of benzene rings is 1. The van der Waals surface area contributed by atoms with E-state index in [1.807, 2.05) is 0 Å². The predicted octanol–water partition coefficient (Wildman–Crippen LogP) is 1.36. The normalized spacial score (nSPS) is 22.7. The Morgan fingerprint density at radius 3 is 3.06 bits per heavy atom. The molecule has 1 unspecified atom stereocenters. The van der Waals surface area contributed by atoms with Crippen LogP contribution in [-0.4, -0.2) is 32.5 Å². The van der Waals surface area contributed by atoms with Gasteiger partial charge in [-0.15, -0.1) is 0 Å². The summed E-state index contributed by atoms with van der Waals surface area (Å²) < 4.78 is 10.9. The lowest BCUT2D eigenvalue weighted by Crippen LogP contribution is -2.39. The summed E-state index contributed by atoms with van der Waals surface area (Å²) in [6.07, 6.45) is 0.856. The van der Waals surface area contributed by atoms with Gasteiger partial charge in [-0.05, 0) is 18.2 Å². The van der Waals surface area contributed by atoms with Crippen LogP contribution in [0.4, 0.5) is 11.4 Å². The summed E-state index contributed by atoms with van der Waals surface area (Å²) in [4.78, 5) is 0. The highest BCUT2D eigenvalue weighted by Crippen LogP contribution is 2.25. The second kappa shape index (κ2) is 5.25. The van der Waals surface area contributed by atoms with Crippen molar-refractivity contribution in [3.63, 3.8) is 0 Å². The third-order valence-corrected chi connectivity index (χ3v) is 3.28. The van der Waals surface area contributed by atoms with Gasteiger partial charge in [0.2, 0.25) is 0 Å². The molecule has 1 fully saturated rings. The van der Waals surface area contributed by atoms with E-state index in [-0.39, 0.29) is 5.60 Å². The first-order valence-corrected chi connectivity index (χ1v) is 5.85. The molecular formula is C13H17N3O2. The third-order valence-electron chi connectivity index (χ3n) is 3.28. The molecule has 0 spiro atoms. The number of hydrogen-bond donors (Lipinski definition) is 2. The number of nitrogens with one attached hydrogen (secondary N) is 1. The van der Waals surface area contributed by atoms with E-state index in [0.717, 1.165) is 12.1 Å². The topological polar surface area (TPSA) is 80.3 Å². The Hall–Kier alpha value is -1.77. The van der Waals surface area contributed by atoms with Crippen molar-refractivity contribution in [3.05, 3.63) is 23.8 Å². The standard InChI is InChI=1S/C13H17N3O2/c1-17-13(4-5-18-9-13)8-16-12-6-10(7-14)2-3-11(12)15/h2-3,6,16H,4-5,8-9,15H2,1H3. The number of nitrogen functional groups attached to an aromatic ring is 1. The van der Waals surface area contributed by atoms with Gasteiger partial charge in [-0.1, -0.05) is 0 Å². The number of hydrogen-bond acceptors (Lipinski definition) is 5. The highest BCUT2D eigenvalue weighted by molar-refractivity contribution is 5.68. The Bertz CT molecular complexity index is 462. The molecule has 3 N–H and O–H groups in total. The molecule has 2 rings (SSSR count). The van der Waals surface area contributed by atoms with Gasteiger partial charge in [-0.25, -0.2) is 0 Å². The van der Waals surface area contributed by atoms with Crippen molar-refractivity contribution < 1.29 is 9.47 Å². The zero-order valence-electron chi connectivity index (χ0n) is 10.4. The first-order chi connectivity index (χ1) is 8.69. The second-order valence-corrected chi connectivity index (χ2v) is 4.46. The van der Waals surface area contributed by atoms with Gasteiger partial charge in [-0.2, -0.15) is 5.26 Å². The molecule has 5 nitrogen and oxygen atoms in total. The predicted molar refractivity (Wildman–Crippen MR) is 69.2 cm³/mol. The van der Waals surface area contributed by atoms with Crippen LogP contribution in [0.5, 0.6) is 0 Å². The molecule has 1 aromatic carbocycles. The summed E-state index contributed by atoms with van der Waals surface area (Å²) >= 11 is 0. The number of nitrogens with two attached hydrogens (primary N) is 1. The molecular weight excluding hydrogens is 230 g/mol. The van der Waals surface area contributed by atoms with Crippen molar-refractivity contribution in [2.45, 2.75) is 12.0 Å². The molecule has 0 aliphatic carbocycles. The van der Waals surface area contributed by atoms with Gasteiger partial charge in [0.15, 0.2) is 0 Å². The van der Waals surface area contributed by atoms with Crippen LogP contribution in [0.25, 0.3) is 0 Å². The van der Waals surface area contributed by atoms with Gasteiger partial charge < -0.3 is 20.5 Å². The molecule has 1 aromatic rings. The average Bonchev–Trinajstić information content (AvgIpc) is 2.87. The number of methoxy groups -OCH3 is 1. The zero-order chi connectivity index (χ0) is 13.0. The van der Waals surface area contributed by atoms with Gasteiger partial charge >= 0.3 is 0 Å². The van der Waals surface area contributed by atoms with E-state index in [2.05, 4.69) is 11.4 Å². The van der Waals surface area contributed by atoms with E-state index in [1.54, 1.807) is 25.3 Å². The number of nitrogens with zero attached hydrogens (tertiary/aromatic N) is 1. The second-order valence-electron chi connectivity index (χ2n) is 4.46. The quantitative estimate of drug-likeness (QED) is 0.785. The summed E-state index contributed by atoms with van der Waals surface area (Å²) in [7, 11) is 1.69. The summed E-state index contributed by atoms with van der Waals surface area (Å²) in [5.41, 5.74) is 7.54. The molecule has 0 bridgehead atoms. The van der Waals surface area contributed by atoms with Crippen molar-refractivity contribution in [2.24, 2.45) is 0 Å². The molecule has 0 radical (unpaired) electrons. The Morgan fingerprint density at radius 2 is 2.44 bits per heavy atom. The average molecular weight is 247 g/mol. The Kier molecular flexibility index (Phi) is 3.70. The van der Waals surface area contributed by atoms with Gasteiger partial charge in [0.1, 0.15) is 5.60 Å². The third kappa shape index (κ3) is 2.55. The number of ether oxygens (including phenoxy) is 2. The van der Waals surface area contributed by atoms with Crippen LogP contribution in [0.2, 0.25) is 0 Å². The fourth-order valence-electron chi connectivity index (χ4n) is 2.00. The monoisotopic (exact) mass is 247 g/mol. The molecule has 1 aliphatic heterocycles. The molecule has 0 amide bonds. The summed E-state index contributed by atoms with van der Waals surface area (Å²) in [5.74, 6) is 0. The Labute approximate surface area is 106 Å². The van der Waals surface area contributed by atoms with Crippen LogP contribution in [0.1, 0.15) is 12.0 Å². The van der Waals surface area contributed by atoms with Gasteiger partial charge in [0, 0.05) is 26.7 Å². The lowest BCUT2D eigenvalue weighted by Gasteiger charge is -2.26. The van der Waals surface area contributed by atoms with E-state index < -0.39 is 0 Å². The molecule has 1 aliphatic rings. The molecule has 18 heavy (non-hydrogen) atoms. The van der Waals surface area contributed by atoms with E-state index in [1.165, 1.54) is 0 Å². The smallest absolute Gasteiger partial charge is 0.110 e. The molecule has 0 saturated carbocycles. The van der Waals surface area contributed by atoms with E-state index in [4.69, 9.17) is 20.5 Å². The van der Waals surface area contributed by atoms with Crippen molar-refractivity contribution in [1.29, 1.82) is 5.26 Å². The van der Waals surface area contributed by atoms with Crippen molar-refractivity contribution in [2.75, 3.05) is 37.9 Å². The van der Waals surface area contributed by atoms with Crippen LogP contribution >= 0.6 is 0 Å². The molecule has 5 heteroatoms. The lowest BCUT2D eigenvalue weighted by atomic mass is 10.0. The van der Waals surface area contributed by atoms with E-state index in [9.17, 15) is 0 Å². The van der Waals surface area contributed by atoms with E-state index in [0.29, 0.717) is 31.0 Å². The van der Waals surface area contributed by atoms with Crippen molar-refractivity contribution in [1.82, 2.24) is 0 Å². The fraction of sp³-hybridized carbons (Fsp3) is 0.462. The van der Waals surface area contributed by atoms with Crippen LogP contribution in [0.3, 0.4) is 0 Å². The summed E-state index contributed by atoms with van der Waals surface area (Å²) in [6, 6.07) is 7.27. The highest BCUT2D eigenvalue weighted by atomic mass is 16.5. The largest absolute Gasteiger partial charge is 0.397 e. The van der Waals surface area contributed by atoms with Crippen molar-refractivity contribution >= 4 is 11.4 Å². The minimum atomic E-state index is -0.297. The summed E-state index contributed by atoms with van der Waals surface area (Å²) in [5, 5.41) is 12.1. The Balaban J connectivity index is 2.08. The maximum absolute atomic E-state index is 8.87. The van der Waals surface area contributed by atoms with Crippen molar-refractivity contribution in [3.8, 4) is 6.07 Å². The molecule has 1 heterocycles. The minimum absolute atomic E-state index is 0.297. The van der Waals surface area contributed by atoms with Crippen LogP contribution < -0.4 is 11.1 Å². The minimum Gasteiger partial charge on any atom is -0.397 e. The van der Waals surface area contributed by atoms with Gasteiger partial charge in [0.25, 0.3) is 0 Å². The van der Waals surface area contributed by atoms with Gasteiger partial charge in [0.05, 0.1) is 29.6 Å². The molecule has 96 valence electrons. The van der Waals surface area contributed by atoms with Crippen LogP contribution in [0, 0.1) is 11.3 Å². The molecule has 1 saturated heterocycles. The van der Waals surface area contributed by atoms with Crippen LogP contribution in [-0.2, 0) is 9.47 Å². The highest BCUT2D eigenvalue weighted by Gasteiger charge is 2.34. The molecule has 1 atom stereocenters. The summed E-state index contributed by atoms with van der Waals surface area (Å²) in [6.45, 7) is 1.90. The first-order valence-electron chi connectivity index (χ1n) is 5.85. The maximum atomic E-state index is 8.87. The maximum Gasteiger partial charge on any atom is 0.110 e. The molecule has 0 aromatic heterocycles. The fourth-order valence-corrected chi connectivity index (χ4v) is 2.00. The number of nitriles is 1. The van der Waals surface area contributed by atoms with E-state index >= 15 is 0 Å². The Morgan fingerprint density at radius 1 is 1.61 bits per heavy atom. The van der Waals surface area contributed by atoms with Gasteiger partial charge in [-0.3, -0.25) is 0 Å².